The Kier molecular flexibility index (Phi) is 6.16. The first-order valence-corrected chi connectivity index (χ1v) is 11.8. The molecule has 2 nitrogen and oxygen atoms in total. The average Bonchev–Trinajstić information content (AvgIpc) is 2.93. The van der Waals surface area contributed by atoms with Gasteiger partial charge in [0.05, 0.1) is 6.07 Å². The zero-order chi connectivity index (χ0) is 24.1. The molecule has 0 aliphatic carbocycles. The van der Waals surface area contributed by atoms with E-state index in [9.17, 15) is 5.26 Å². The fourth-order valence-corrected chi connectivity index (χ4v) is 4.65. The molecule has 0 heterocycles. The lowest BCUT2D eigenvalue weighted by molar-refractivity contribution is 0.794. The van der Waals surface area contributed by atoms with Crippen LogP contribution >= 0.6 is 0 Å². The van der Waals surface area contributed by atoms with Gasteiger partial charge in [-0.1, -0.05) is 109 Å². The highest BCUT2D eigenvalue weighted by Gasteiger charge is 2.36. The standard InChI is InChI=1S/C33H26N2/c1-26-17-19-28(20-18-26)33(25-34,27-11-5-2-6-12-27)29-21-23-32(24-22-29)35(30-13-7-3-8-14-30)31-15-9-4-10-16-31/h2-24H,1H3. The van der Waals surface area contributed by atoms with Crippen molar-refractivity contribution in [3.63, 3.8) is 0 Å². The molecule has 0 N–H and O–H groups in total. The third kappa shape index (κ3) is 4.21. The second kappa shape index (κ2) is 9.71. The quantitative estimate of drug-likeness (QED) is 0.243. The Bertz CT molecular complexity index is 1380. The van der Waals surface area contributed by atoms with Gasteiger partial charge in [0.25, 0.3) is 0 Å². The Labute approximate surface area is 207 Å². The molecule has 5 aromatic carbocycles. The molecule has 5 aromatic rings. The highest BCUT2D eigenvalue weighted by atomic mass is 15.1. The molecule has 1 atom stereocenters. The number of anilines is 3. The van der Waals surface area contributed by atoms with E-state index < -0.39 is 5.41 Å². The Hall–Kier alpha value is -4.61. The number of nitriles is 1. The highest BCUT2D eigenvalue weighted by Crippen LogP contribution is 2.41. The summed E-state index contributed by atoms with van der Waals surface area (Å²) in [6.07, 6.45) is 0. The molecule has 35 heavy (non-hydrogen) atoms. The van der Waals surface area contributed by atoms with Gasteiger partial charge >= 0.3 is 0 Å². The Balaban J connectivity index is 1.65. The van der Waals surface area contributed by atoms with Gasteiger partial charge in [-0.3, -0.25) is 0 Å². The van der Waals surface area contributed by atoms with Crippen molar-refractivity contribution in [2.24, 2.45) is 0 Å². The number of rotatable bonds is 6. The molecule has 0 radical (unpaired) electrons. The maximum absolute atomic E-state index is 10.7. The third-order valence-electron chi connectivity index (χ3n) is 6.45. The fourth-order valence-electron chi connectivity index (χ4n) is 4.65. The van der Waals surface area contributed by atoms with Crippen molar-refractivity contribution in [1.82, 2.24) is 0 Å². The van der Waals surface area contributed by atoms with Crippen LogP contribution in [0.1, 0.15) is 22.3 Å². The van der Waals surface area contributed by atoms with Crippen molar-refractivity contribution < 1.29 is 0 Å². The van der Waals surface area contributed by atoms with Gasteiger partial charge in [0, 0.05) is 17.1 Å². The summed E-state index contributed by atoms with van der Waals surface area (Å²) < 4.78 is 0. The minimum atomic E-state index is -0.905. The first-order chi connectivity index (χ1) is 17.2. The van der Waals surface area contributed by atoms with Crippen LogP contribution in [0.5, 0.6) is 0 Å². The number of para-hydroxylation sites is 2. The number of benzene rings is 5. The topological polar surface area (TPSA) is 27.0 Å². The second-order valence-corrected chi connectivity index (χ2v) is 8.65. The molecule has 0 spiro atoms. The van der Waals surface area contributed by atoms with Crippen LogP contribution in [0.15, 0.2) is 140 Å². The molecule has 5 rings (SSSR count). The molecule has 0 amide bonds. The van der Waals surface area contributed by atoms with Gasteiger partial charge in [0.2, 0.25) is 0 Å². The summed E-state index contributed by atoms with van der Waals surface area (Å²) in [5.74, 6) is 0. The van der Waals surface area contributed by atoms with Gasteiger partial charge in [-0.15, -0.1) is 0 Å². The first kappa shape index (κ1) is 22.2. The summed E-state index contributed by atoms with van der Waals surface area (Å²) in [5, 5.41) is 10.7. The van der Waals surface area contributed by atoms with Crippen LogP contribution in [-0.4, -0.2) is 0 Å². The van der Waals surface area contributed by atoms with Crippen molar-refractivity contribution in [2.45, 2.75) is 12.3 Å². The van der Waals surface area contributed by atoms with E-state index >= 15 is 0 Å². The Morgan fingerprint density at radius 1 is 0.486 bits per heavy atom. The predicted octanol–water partition coefficient (Wildman–Crippen LogP) is 8.32. The molecule has 2 heteroatoms. The fraction of sp³-hybridized carbons (Fsp3) is 0.0606. The maximum atomic E-state index is 10.7. The summed E-state index contributed by atoms with van der Waals surface area (Å²) in [4.78, 5) is 2.23. The number of nitrogens with zero attached hydrogens (tertiary/aromatic N) is 2. The van der Waals surface area contributed by atoms with E-state index in [4.69, 9.17) is 0 Å². The number of aryl methyl sites for hydroxylation is 1. The van der Waals surface area contributed by atoms with Crippen molar-refractivity contribution in [3.05, 3.63) is 162 Å². The number of hydrogen-bond donors (Lipinski definition) is 0. The van der Waals surface area contributed by atoms with Crippen LogP contribution in [0.25, 0.3) is 0 Å². The summed E-state index contributed by atoms with van der Waals surface area (Å²) >= 11 is 0. The van der Waals surface area contributed by atoms with Gasteiger partial charge in [-0.05, 0) is 60.0 Å². The molecule has 0 aliphatic heterocycles. The van der Waals surface area contributed by atoms with Gasteiger partial charge in [0.15, 0.2) is 0 Å². The smallest absolute Gasteiger partial charge is 0.132 e. The average molecular weight is 451 g/mol. The first-order valence-electron chi connectivity index (χ1n) is 11.8. The van der Waals surface area contributed by atoms with E-state index in [1.165, 1.54) is 5.56 Å². The molecule has 0 fully saturated rings. The lowest BCUT2D eigenvalue weighted by Gasteiger charge is -2.30. The van der Waals surface area contributed by atoms with E-state index in [1.807, 2.05) is 66.7 Å². The third-order valence-corrected chi connectivity index (χ3v) is 6.45. The molecular weight excluding hydrogens is 424 g/mol. The minimum Gasteiger partial charge on any atom is -0.311 e. The van der Waals surface area contributed by atoms with E-state index in [1.54, 1.807) is 0 Å². The van der Waals surface area contributed by atoms with E-state index in [2.05, 4.69) is 90.7 Å². The van der Waals surface area contributed by atoms with Crippen molar-refractivity contribution >= 4 is 17.1 Å². The molecule has 0 saturated carbocycles. The van der Waals surface area contributed by atoms with Gasteiger partial charge in [-0.2, -0.15) is 5.26 Å². The Morgan fingerprint density at radius 2 is 0.857 bits per heavy atom. The van der Waals surface area contributed by atoms with E-state index in [-0.39, 0.29) is 0 Å². The molecule has 0 saturated heterocycles. The molecule has 0 aliphatic rings. The number of hydrogen-bond acceptors (Lipinski definition) is 2. The molecule has 0 bridgehead atoms. The Morgan fingerprint density at radius 3 is 1.31 bits per heavy atom. The SMILES string of the molecule is Cc1ccc(C(C#N)(c2ccccc2)c2ccc(N(c3ccccc3)c3ccccc3)cc2)cc1. The summed E-state index contributed by atoms with van der Waals surface area (Å²) in [5.41, 5.74) is 6.34. The lowest BCUT2D eigenvalue weighted by Crippen LogP contribution is -2.27. The lowest BCUT2D eigenvalue weighted by atomic mass is 9.70. The van der Waals surface area contributed by atoms with Crippen LogP contribution < -0.4 is 4.90 Å². The molecule has 168 valence electrons. The van der Waals surface area contributed by atoms with Gasteiger partial charge in [-0.25, -0.2) is 0 Å². The van der Waals surface area contributed by atoms with Crippen LogP contribution in [-0.2, 0) is 5.41 Å². The van der Waals surface area contributed by atoms with Crippen molar-refractivity contribution in [3.8, 4) is 6.07 Å². The summed E-state index contributed by atoms with van der Waals surface area (Å²) in [7, 11) is 0. The van der Waals surface area contributed by atoms with Crippen molar-refractivity contribution in [2.75, 3.05) is 4.90 Å². The second-order valence-electron chi connectivity index (χ2n) is 8.65. The van der Waals surface area contributed by atoms with E-state index in [0.29, 0.717) is 0 Å². The van der Waals surface area contributed by atoms with Crippen LogP contribution in [0.3, 0.4) is 0 Å². The van der Waals surface area contributed by atoms with Gasteiger partial charge < -0.3 is 4.90 Å². The van der Waals surface area contributed by atoms with Crippen LogP contribution in [0, 0.1) is 18.3 Å². The van der Waals surface area contributed by atoms with Crippen LogP contribution in [0.4, 0.5) is 17.1 Å². The van der Waals surface area contributed by atoms with Gasteiger partial charge in [0.1, 0.15) is 5.41 Å². The minimum absolute atomic E-state index is 0.905. The maximum Gasteiger partial charge on any atom is 0.132 e. The molecule has 0 aromatic heterocycles. The van der Waals surface area contributed by atoms with Crippen molar-refractivity contribution in [1.29, 1.82) is 5.26 Å². The summed E-state index contributed by atoms with van der Waals surface area (Å²) in [6, 6.07) is 50.1. The molecular formula is C33H26N2. The zero-order valence-electron chi connectivity index (χ0n) is 19.7. The zero-order valence-corrected chi connectivity index (χ0v) is 19.7. The largest absolute Gasteiger partial charge is 0.311 e. The molecule has 1 unspecified atom stereocenters. The normalized spacial score (nSPS) is 12.3. The predicted molar refractivity (Wildman–Crippen MR) is 144 cm³/mol. The van der Waals surface area contributed by atoms with Crippen LogP contribution in [0.2, 0.25) is 0 Å². The van der Waals surface area contributed by atoms with E-state index in [0.717, 1.165) is 33.8 Å². The summed E-state index contributed by atoms with van der Waals surface area (Å²) in [6.45, 7) is 2.07. The monoisotopic (exact) mass is 450 g/mol. The highest BCUT2D eigenvalue weighted by molar-refractivity contribution is 5.76.